The molecule has 1 heterocycles. The van der Waals surface area contributed by atoms with Crippen LogP contribution in [0, 0.1) is 12.8 Å². The van der Waals surface area contributed by atoms with Crippen molar-refractivity contribution in [2.24, 2.45) is 5.92 Å². The predicted octanol–water partition coefficient (Wildman–Crippen LogP) is 3.68. The van der Waals surface area contributed by atoms with E-state index in [1.165, 1.54) is 5.56 Å². The molecule has 1 aromatic heterocycles. The van der Waals surface area contributed by atoms with Crippen molar-refractivity contribution < 1.29 is 4.74 Å². The molecule has 0 amide bonds. The first kappa shape index (κ1) is 15.9. The maximum Gasteiger partial charge on any atom is 0.160 e. The molecule has 1 atom stereocenters. The fraction of sp³-hybridized carbons (Fsp3) is 0.733. The summed E-state index contributed by atoms with van der Waals surface area (Å²) in [4.78, 5) is 9.33. The van der Waals surface area contributed by atoms with Crippen molar-refractivity contribution in [2.45, 2.75) is 53.6 Å². The fourth-order valence-corrected chi connectivity index (χ4v) is 2.36. The second-order valence-electron chi connectivity index (χ2n) is 5.45. The number of hydrogen-bond acceptors (Lipinski definition) is 4. The molecule has 0 aliphatic rings. The summed E-state index contributed by atoms with van der Waals surface area (Å²) < 4.78 is 5.79. The van der Waals surface area contributed by atoms with E-state index in [0.29, 0.717) is 18.4 Å². The van der Waals surface area contributed by atoms with Crippen LogP contribution >= 0.6 is 0 Å². The monoisotopic (exact) mass is 265 g/mol. The largest absolute Gasteiger partial charge is 0.373 e. The Morgan fingerprint density at radius 2 is 1.79 bits per heavy atom. The third-order valence-electron chi connectivity index (χ3n) is 3.17. The second kappa shape index (κ2) is 6.85. The van der Waals surface area contributed by atoms with Crippen LogP contribution in [-0.4, -0.2) is 23.6 Å². The van der Waals surface area contributed by atoms with Crippen molar-refractivity contribution in [3.05, 3.63) is 17.1 Å². The van der Waals surface area contributed by atoms with Gasteiger partial charge in [0.2, 0.25) is 0 Å². The molecule has 0 fully saturated rings. The molecule has 0 bridgehead atoms. The lowest BCUT2D eigenvalue weighted by molar-refractivity contribution is 0.0231. The Bertz CT molecular complexity index is 416. The van der Waals surface area contributed by atoms with Gasteiger partial charge in [0.05, 0.1) is 0 Å². The standard InChI is InChI=1S/C15H27N3O/c1-8-19-13(10(4)5)15-17-11(6)12(9(2)3)14(16-7)18-15/h9-10,13H,8H2,1-7H3,(H,16,17,18). The molecule has 19 heavy (non-hydrogen) atoms. The highest BCUT2D eigenvalue weighted by atomic mass is 16.5. The smallest absolute Gasteiger partial charge is 0.160 e. The van der Waals surface area contributed by atoms with Crippen LogP contribution in [-0.2, 0) is 4.74 Å². The molecule has 0 saturated heterocycles. The summed E-state index contributed by atoms with van der Waals surface area (Å²) in [7, 11) is 1.91. The maximum absolute atomic E-state index is 5.79. The quantitative estimate of drug-likeness (QED) is 0.852. The SMILES string of the molecule is CCOC(c1nc(C)c(C(C)C)c(NC)n1)C(C)C. The zero-order chi connectivity index (χ0) is 14.6. The highest BCUT2D eigenvalue weighted by Crippen LogP contribution is 2.29. The number of nitrogens with zero attached hydrogens (tertiary/aromatic N) is 2. The summed E-state index contributed by atoms with van der Waals surface area (Å²) in [5.41, 5.74) is 2.22. The molecule has 1 aromatic rings. The van der Waals surface area contributed by atoms with Gasteiger partial charge in [-0.25, -0.2) is 9.97 Å². The molecule has 0 saturated carbocycles. The summed E-state index contributed by atoms with van der Waals surface area (Å²) in [5, 5.41) is 3.19. The molecule has 1 rings (SSSR count). The van der Waals surface area contributed by atoms with Crippen molar-refractivity contribution in [3.8, 4) is 0 Å². The van der Waals surface area contributed by atoms with Gasteiger partial charge >= 0.3 is 0 Å². The van der Waals surface area contributed by atoms with Crippen molar-refractivity contribution in [2.75, 3.05) is 19.0 Å². The first-order valence-corrected chi connectivity index (χ1v) is 7.10. The van der Waals surface area contributed by atoms with Gasteiger partial charge < -0.3 is 10.1 Å². The molecule has 0 aromatic carbocycles. The molecule has 108 valence electrons. The van der Waals surface area contributed by atoms with E-state index in [0.717, 1.165) is 17.3 Å². The minimum absolute atomic E-state index is 0.0444. The van der Waals surface area contributed by atoms with E-state index < -0.39 is 0 Å². The van der Waals surface area contributed by atoms with Crippen molar-refractivity contribution in [1.29, 1.82) is 0 Å². The van der Waals surface area contributed by atoms with Crippen LogP contribution < -0.4 is 5.32 Å². The lowest BCUT2D eigenvalue weighted by Crippen LogP contribution is -2.17. The number of aryl methyl sites for hydroxylation is 1. The highest BCUT2D eigenvalue weighted by molar-refractivity contribution is 5.48. The zero-order valence-corrected chi connectivity index (χ0v) is 13.2. The predicted molar refractivity (Wildman–Crippen MR) is 79.6 cm³/mol. The minimum Gasteiger partial charge on any atom is -0.373 e. The van der Waals surface area contributed by atoms with Crippen molar-refractivity contribution >= 4 is 5.82 Å². The Hall–Kier alpha value is -1.16. The van der Waals surface area contributed by atoms with Gasteiger partial charge in [0.1, 0.15) is 11.9 Å². The normalized spacial score (nSPS) is 13.1. The van der Waals surface area contributed by atoms with Crippen LogP contribution in [0.2, 0.25) is 0 Å². The van der Waals surface area contributed by atoms with E-state index in [-0.39, 0.29) is 6.10 Å². The fourth-order valence-electron chi connectivity index (χ4n) is 2.36. The molecule has 0 aliphatic heterocycles. The maximum atomic E-state index is 5.79. The Labute approximate surface area is 117 Å². The number of anilines is 1. The van der Waals surface area contributed by atoms with E-state index in [1.54, 1.807) is 0 Å². The topological polar surface area (TPSA) is 47.0 Å². The molecule has 4 nitrogen and oxygen atoms in total. The Balaban J connectivity index is 3.26. The van der Waals surface area contributed by atoms with E-state index in [4.69, 9.17) is 4.74 Å². The third-order valence-corrected chi connectivity index (χ3v) is 3.17. The summed E-state index contributed by atoms with van der Waals surface area (Å²) in [6.07, 6.45) is -0.0444. The average Bonchev–Trinajstić information content (AvgIpc) is 2.33. The molecule has 1 unspecified atom stereocenters. The van der Waals surface area contributed by atoms with Gasteiger partial charge in [0, 0.05) is 24.9 Å². The van der Waals surface area contributed by atoms with Crippen LogP contribution in [0.4, 0.5) is 5.82 Å². The van der Waals surface area contributed by atoms with Crippen LogP contribution in [0.3, 0.4) is 0 Å². The van der Waals surface area contributed by atoms with Crippen molar-refractivity contribution in [1.82, 2.24) is 9.97 Å². The Morgan fingerprint density at radius 3 is 2.21 bits per heavy atom. The molecule has 4 heteroatoms. The highest BCUT2D eigenvalue weighted by Gasteiger charge is 2.22. The molecule has 0 aliphatic carbocycles. The number of nitrogens with one attached hydrogen (secondary N) is 1. The molecular formula is C15H27N3O. The van der Waals surface area contributed by atoms with Crippen LogP contribution in [0.25, 0.3) is 0 Å². The molecule has 0 spiro atoms. The van der Waals surface area contributed by atoms with Crippen molar-refractivity contribution in [3.63, 3.8) is 0 Å². The van der Waals surface area contributed by atoms with E-state index in [2.05, 4.69) is 43.0 Å². The first-order chi connectivity index (χ1) is 8.92. The number of ether oxygens (including phenoxy) is 1. The first-order valence-electron chi connectivity index (χ1n) is 7.10. The molecule has 0 radical (unpaired) electrons. The summed E-state index contributed by atoms with van der Waals surface area (Å²) in [5.74, 6) is 2.46. The second-order valence-corrected chi connectivity index (χ2v) is 5.45. The summed E-state index contributed by atoms with van der Waals surface area (Å²) in [6, 6.07) is 0. The van der Waals surface area contributed by atoms with Gasteiger partial charge in [0.25, 0.3) is 0 Å². The lowest BCUT2D eigenvalue weighted by Gasteiger charge is -2.22. The summed E-state index contributed by atoms with van der Waals surface area (Å²) >= 11 is 0. The van der Waals surface area contributed by atoms with Gasteiger partial charge in [-0.1, -0.05) is 27.7 Å². The van der Waals surface area contributed by atoms with E-state index >= 15 is 0 Å². The van der Waals surface area contributed by atoms with Gasteiger partial charge in [-0.3, -0.25) is 0 Å². The Kier molecular flexibility index (Phi) is 5.73. The van der Waals surface area contributed by atoms with Crippen LogP contribution in [0.15, 0.2) is 0 Å². The van der Waals surface area contributed by atoms with Gasteiger partial charge in [-0.05, 0) is 25.7 Å². The molecule has 1 N–H and O–H groups in total. The van der Waals surface area contributed by atoms with Gasteiger partial charge in [0.15, 0.2) is 5.82 Å². The number of hydrogen-bond donors (Lipinski definition) is 1. The molecular weight excluding hydrogens is 238 g/mol. The van der Waals surface area contributed by atoms with E-state index in [1.807, 2.05) is 20.9 Å². The van der Waals surface area contributed by atoms with Gasteiger partial charge in [-0.2, -0.15) is 0 Å². The Morgan fingerprint density at radius 1 is 1.16 bits per heavy atom. The van der Waals surface area contributed by atoms with E-state index in [9.17, 15) is 0 Å². The van der Waals surface area contributed by atoms with Crippen LogP contribution in [0.5, 0.6) is 0 Å². The number of aromatic nitrogens is 2. The summed E-state index contributed by atoms with van der Waals surface area (Å²) in [6.45, 7) is 13.3. The third kappa shape index (κ3) is 3.66. The zero-order valence-electron chi connectivity index (χ0n) is 13.2. The minimum atomic E-state index is -0.0444. The van der Waals surface area contributed by atoms with Crippen LogP contribution in [0.1, 0.15) is 63.7 Å². The number of rotatable bonds is 6. The lowest BCUT2D eigenvalue weighted by atomic mass is 10.0. The average molecular weight is 265 g/mol. The van der Waals surface area contributed by atoms with Gasteiger partial charge in [-0.15, -0.1) is 0 Å².